The van der Waals surface area contributed by atoms with Gasteiger partial charge in [-0.05, 0) is 55.7 Å². The highest BCUT2D eigenvalue weighted by Gasteiger charge is 2.28. The van der Waals surface area contributed by atoms with E-state index in [1.807, 2.05) is 13.0 Å². The van der Waals surface area contributed by atoms with Crippen molar-refractivity contribution in [2.24, 2.45) is 0 Å². The lowest BCUT2D eigenvalue weighted by Gasteiger charge is -2.26. The first-order chi connectivity index (χ1) is 15.3. The molecule has 0 aromatic heterocycles. The lowest BCUT2D eigenvalue weighted by molar-refractivity contribution is 0.0936. The van der Waals surface area contributed by atoms with Crippen LogP contribution in [-0.4, -0.2) is 53.0 Å². The molecule has 0 aliphatic carbocycles. The molecule has 1 atom stereocenters. The first kappa shape index (κ1) is 23.9. The largest absolute Gasteiger partial charge is 0.496 e. The Balaban J connectivity index is 1.86. The molecule has 8 nitrogen and oxygen atoms in total. The highest BCUT2D eigenvalue weighted by molar-refractivity contribution is 7.89. The van der Waals surface area contributed by atoms with Crippen LogP contribution in [-0.2, 0) is 10.0 Å². The van der Waals surface area contributed by atoms with Crippen LogP contribution < -0.4 is 19.5 Å². The molecule has 1 fully saturated rings. The molecule has 0 radical (unpaired) electrons. The summed E-state index contributed by atoms with van der Waals surface area (Å²) in [6.45, 7) is 2.82. The summed E-state index contributed by atoms with van der Waals surface area (Å²) in [6, 6.07) is 9.42. The summed E-state index contributed by atoms with van der Waals surface area (Å²) in [6.07, 6.45) is 2.70. The molecule has 1 N–H and O–H groups in total. The van der Waals surface area contributed by atoms with Gasteiger partial charge in [0.2, 0.25) is 10.0 Å². The van der Waals surface area contributed by atoms with Crippen LogP contribution in [0.4, 0.5) is 0 Å². The molecule has 2 aromatic carbocycles. The maximum absolute atomic E-state index is 13.1. The fourth-order valence-corrected chi connectivity index (χ4v) is 5.30. The molecule has 1 amide bonds. The summed E-state index contributed by atoms with van der Waals surface area (Å²) in [7, 11) is 0.875. The molecule has 2 aromatic rings. The van der Waals surface area contributed by atoms with Crippen LogP contribution in [0.3, 0.4) is 0 Å². The van der Waals surface area contributed by atoms with Crippen LogP contribution in [0.15, 0.2) is 41.3 Å². The van der Waals surface area contributed by atoms with Crippen molar-refractivity contribution in [2.45, 2.75) is 37.1 Å². The van der Waals surface area contributed by atoms with E-state index in [0.29, 0.717) is 30.3 Å². The van der Waals surface area contributed by atoms with Crippen molar-refractivity contribution in [3.05, 3.63) is 47.5 Å². The van der Waals surface area contributed by atoms with E-state index >= 15 is 0 Å². The lowest BCUT2D eigenvalue weighted by atomic mass is 10.1. The second kappa shape index (κ2) is 10.2. The van der Waals surface area contributed by atoms with Gasteiger partial charge in [-0.2, -0.15) is 4.31 Å². The van der Waals surface area contributed by atoms with Gasteiger partial charge in [-0.3, -0.25) is 4.79 Å². The SMILES string of the molecule is COc1ccc([C@@H](C)NC(=O)c2cc(S(=O)(=O)N3CCCCC3)ccc2OC)cc1OC. The van der Waals surface area contributed by atoms with E-state index in [0.717, 1.165) is 24.8 Å². The molecule has 1 aliphatic rings. The number of rotatable bonds is 8. The average molecular weight is 463 g/mol. The third-order valence-electron chi connectivity index (χ3n) is 5.62. The molecule has 0 bridgehead atoms. The molecule has 9 heteroatoms. The first-order valence-electron chi connectivity index (χ1n) is 10.5. The number of piperidine rings is 1. The van der Waals surface area contributed by atoms with Crippen molar-refractivity contribution >= 4 is 15.9 Å². The zero-order valence-electron chi connectivity index (χ0n) is 18.9. The van der Waals surface area contributed by atoms with Gasteiger partial charge in [-0.15, -0.1) is 0 Å². The zero-order valence-corrected chi connectivity index (χ0v) is 19.7. The highest BCUT2D eigenvalue weighted by atomic mass is 32.2. The quantitative estimate of drug-likeness (QED) is 0.646. The Morgan fingerprint density at radius 2 is 1.53 bits per heavy atom. The highest BCUT2D eigenvalue weighted by Crippen LogP contribution is 2.31. The minimum Gasteiger partial charge on any atom is -0.496 e. The van der Waals surface area contributed by atoms with E-state index in [1.54, 1.807) is 26.4 Å². The summed E-state index contributed by atoms with van der Waals surface area (Å²) in [5.74, 6) is 1.02. The van der Waals surface area contributed by atoms with E-state index < -0.39 is 15.9 Å². The Hall–Kier alpha value is -2.78. The molecule has 1 heterocycles. The van der Waals surface area contributed by atoms with Gasteiger partial charge in [0.15, 0.2) is 11.5 Å². The predicted molar refractivity (Wildman–Crippen MR) is 121 cm³/mol. The number of hydrogen-bond donors (Lipinski definition) is 1. The molecule has 0 unspecified atom stereocenters. The number of ether oxygens (including phenoxy) is 3. The average Bonchev–Trinajstić information content (AvgIpc) is 2.83. The van der Waals surface area contributed by atoms with Gasteiger partial charge in [-0.25, -0.2) is 8.42 Å². The summed E-state index contributed by atoms with van der Waals surface area (Å²) < 4.78 is 43.5. The van der Waals surface area contributed by atoms with Crippen LogP contribution >= 0.6 is 0 Å². The van der Waals surface area contributed by atoms with Crippen LogP contribution in [0.5, 0.6) is 17.2 Å². The molecule has 174 valence electrons. The summed E-state index contributed by atoms with van der Waals surface area (Å²) in [5.41, 5.74) is 0.977. The number of methoxy groups -OCH3 is 3. The Kier molecular flexibility index (Phi) is 7.63. The number of hydrogen-bond acceptors (Lipinski definition) is 6. The Morgan fingerprint density at radius 1 is 0.906 bits per heavy atom. The summed E-state index contributed by atoms with van der Waals surface area (Å²) >= 11 is 0. The first-order valence-corrected chi connectivity index (χ1v) is 12.0. The van der Waals surface area contributed by atoms with Crippen molar-refractivity contribution in [2.75, 3.05) is 34.4 Å². The molecule has 0 spiro atoms. The maximum Gasteiger partial charge on any atom is 0.255 e. The Labute approximate surface area is 189 Å². The third kappa shape index (κ3) is 4.99. The van der Waals surface area contributed by atoms with E-state index in [4.69, 9.17) is 14.2 Å². The summed E-state index contributed by atoms with van der Waals surface area (Å²) in [5, 5.41) is 2.91. The molecule has 0 saturated carbocycles. The van der Waals surface area contributed by atoms with Crippen molar-refractivity contribution in [1.82, 2.24) is 9.62 Å². The molecule has 1 saturated heterocycles. The molecule has 32 heavy (non-hydrogen) atoms. The topological polar surface area (TPSA) is 94.2 Å². The zero-order chi connectivity index (χ0) is 23.3. The molecular formula is C23H30N2O6S. The van der Waals surface area contributed by atoms with E-state index in [2.05, 4.69) is 5.32 Å². The predicted octanol–water partition coefficient (Wildman–Crippen LogP) is 3.38. The van der Waals surface area contributed by atoms with Gasteiger partial charge in [-0.1, -0.05) is 12.5 Å². The van der Waals surface area contributed by atoms with Gasteiger partial charge in [0, 0.05) is 13.1 Å². The van der Waals surface area contributed by atoms with Crippen LogP contribution in [0.1, 0.15) is 48.1 Å². The Morgan fingerprint density at radius 3 is 2.16 bits per heavy atom. The smallest absolute Gasteiger partial charge is 0.255 e. The normalized spacial score (nSPS) is 15.6. The second-order valence-corrected chi connectivity index (χ2v) is 9.57. The van der Waals surface area contributed by atoms with Gasteiger partial charge in [0.05, 0.1) is 37.8 Å². The van der Waals surface area contributed by atoms with E-state index in [1.165, 1.54) is 29.6 Å². The molecule has 1 aliphatic heterocycles. The van der Waals surface area contributed by atoms with Crippen molar-refractivity contribution in [1.29, 1.82) is 0 Å². The Bertz CT molecular complexity index is 1060. The lowest BCUT2D eigenvalue weighted by Crippen LogP contribution is -2.35. The fourth-order valence-electron chi connectivity index (χ4n) is 3.76. The van der Waals surface area contributed by atoms with Gasteiger partial charge in [0.1, 0.15) is 5.75 Å². The molecule has 3 rings (SSSR count). The number of nitrogens with one attached hydrogen (secondary N) is 1. The van der Waals surface area contributed by atoms with Crippen molar-refractivity contribution < 1.29 is 27.4 Å². The van der Waals surface area contributed by atoms with Gasteiger partial charge < -0.3 is 19.5 Å². The maximum atomic E-state index is 13.1. The number of nitrogens with zero attached hydrogens (tertiary/aromatic N) is 1. The standard InChI is InChI=1S/C23H30N2O6S/c1-16(17-8-10-21(30-3)22(14-17)31-4)24-23(26)19-15-18(9-11-20(19)29-2)32(27,28)25-12-6-5-7-13-25/h8-11,14-16H,5-7,12-13H2,1-4H3,(H,24,26)/t16-/m1/s1. The third-order valence-corrected chi connectivity index (χ3v) is 7.52. The van der Waals surface area contributed by atoms with Gasteiger partial charge >= 0.3 is 0 Å². The van der Waals surface area contributed by atoms with Gasteiger partial charge in [0.25, 0.3) is 5.91 Å². The van der Waals surface area contributed by atoms with E-state index in [-0.39, 0.29) is 16.5 Å². The van der Waals surface area contributed by atoms with Crippen molar-refractivity contribution in [3.8, 4) is 17.2 Å². The van der Waals surface area contributed by atoms with Crippen LogP contribution in [0.2, 0.25) is 0 Å². The number of sulfonamides is 1. The van der Waals surface area contributed by atoms with E-state index in [9.17, 15) is 13.2 Å². The monoisotopic (exact) mass is 462 g/mol. The minimum absolute atomic E-state index is 0.0871. The number of benzene rings is 2. The number of amides is 1. The van der Waals surface area contributed by atoms with Crippen LogP contribution in [0, 0.1) is 0 Å². The van der Waals surface area contributed by atoms with Crippen LogP contribution in [0.25, 0.3) is 0 Å². The number of carbonyl (C=O) groups is 1. The summed E-state index contributed by atoms with van der Waals surface area (Å²) in [4.78, 5) is 13.2. The fraction of sp³-hybridized carbons (Fsp3) is 0.435. The molecular weight excluding hydrogens is 432 g/mol. The number of carbonyl (C=O) groups excluding carboxylic acids is 1. The second-order valence-electron chi connectivity index (χ2n) is 7.64. The van der Waals surface area contributed by atoms with Crippen molar-refractivity contribution in [3.63, 3.8) is 0 Å². The minimum atomic E-state index is -3.67.